The van der Waals surface area contributed by atoms with Gasteiger partial charge in [-0.25, -0.2) is 9.13 Å². The Morgan fingerprint density at radius 2 is 0.481 bits per heavy atom. The predicted octanol–water partition coefficient (Wildman–Crippen LogP) is 22.8. The molecule has 588 valence electrons. The van der Waals surface area contributed by atoms with Crippen molar-refractivity contribution in [1.82, 2.24) is 0 Å². The molecule has 0 bridgehead atoms. The number of carbonyl (C=O) groups excluding carboxylic acids is 4. The van der Waals surface area contributed by atoms with Crippen LogP contribution >= 0.6 is 15.6 Å². The molecule has 0 aliphatic carbocycles. The van der Waals surface area contributed by atoms with Crippen LogP contribution in [0, 0.1) is 0 Å². The number of allylic oxidation sites excluding steroid dienone is 30. The first-order chi connectivity index (χ1) is 50.7. The van der Waals surface area contributed by atoms with Crippen molar-refractivity contribution >= 4 is 39.5 Å². The number of unbranched alkanes of at least 4 members (excludes halogenated alkanes) is 15. The zero-order chi connectivity index (χ0) is 76.0. The van der Waals surface area contributed by atoms with Gasteiger partial charge in [0, 0.05) is 25.7 Å². The van der Waals surface area contributed by atoms with Gasteiger partial charge in [0.05, 0.1) is 26.4 Å². The molecule has 0 saturated carbocycles. The molecule has 0 heterocycles. The van der Waals surface area contributed by atoms with E-state index in [0.29, 0.717) is 32.1 Å². The average molecular weight is 1490 g/mol. The summed E-state index contributed by atoms with van der Waals surface area (Å²) in [5, 5.41) is 10.6. The smallest absolute Gasteiger partial charge is 0.462 e. The summed E-state index contributed by atoms with van der Waals surface area (Å²) in [6.45, 7) is 4.26. The molecule has 104 heavy (non-hydrogen) atoms. The molecule has 0 aromatic heterocycles. The highest BCUT2D eigenvalue weighted by molar-refractivity contribution is 7.47. The number of esters is 4. The minimum atomic E-state index is -5.01. The summed E-state index contributed by atoms with van der Waals surface area (Å²) in [7, 11) is -10.0. The molecule has 5 unspecified atom stereocenters. The van der Waals surface area contributed by atoms with E-state index < -0.39 is 97.5 Å². The largest absolute Gasteiger partial charge is 0.472 e. The summed E-state index contributed by atoms with van der Waals surface area (Å²) >= 11 is 0. The fourth-order valence-corrected chi connectivity index (χ4v) is 11.1. The van der Waals surface area contributed by atoms with E-state index in [-0.39, 0.29) is 25.7 Å². The molecule has 0 spiro atoms. The zero-order valence-corrected chi connectivity index (χ0v) is 65.9. The molecule has 3 N–H and O–H groups in total. The van der Waals surface area contributed by atoms with Crippen molar-refractivity contribution in [3.05, 3.63) is 182 Å². The molecular formula is C85H136O17P2. The number of phosphoric ester groups is 2. The molecule has 0 amide bonds. The fraction of sp³-hybridized carbons (Fsp3) is 0.600. The summed E-state index contributed by atoms with van der Waals surface area (Å²) in [4.78, 5) is 73.0. The molecule has 0 aromatic rings. The van der Waals surface area contributed by atoms with Gasteiger partial charge in [-0.15, -0.1) is 0 Å². The Morgan fingerprint density at radius 1 is 0.269 bits per heavy atom. The minimum Gasteiger partial charge on any atom is -0.462 e. The predicted molar refractivity (Wildman–Crippen MR) is 426 cm³/mol. The Kier molecular flexibility index (Phi) is 71.2. The second-order valence-corrected chi connectivity index (χ2v) is 28.0. The van der Waals surface area contributed by atoms with E-state index in [1.165, 1.54) is 0 Å². The molecule has 0 saturated heterocycles. The van der Waals surface area contributed by atoms with E-state index in [2.05, 4.69) is 198 Å². The summed E-state index contributed by atoms with van der Waals surface area (Å²) in [6.07, 6.45) is 90.2. The van der Waals surface area contributed by atoms with Crippen LogP contribution in [0.3, 0.4) is 0 Å². The Bertz CT molecular complexity index is 2690. The number of ether oxygens (including phenoxy) is 4. The van der Waals surface area contributed by atoms with Gasteiger partial charge in [0.2, 0.25) is 0 Å². The second kappa shape index (κ2) is 75.4. The minimum absolute atomic E-state index is 0.0554. The third-order valence-electron chi connectivity index (χ3n) is 15.4. The molecular weight excluding hydrogens is 1350 g/mol. The van der Waals surface area contributed by atoms with Gasteiger partial charge in [-0.05, 0) is 167 Å². The van der Waals surface area contributed by atoms with Crippen LogP contribution in [-0.4, -0.2) is 96.7 Å². The van der Waals surface area contributed by atoms with E-state index in [1.54, 1.807) is 0 Å². The number of phosphoric acid groups is 2. The molecule has 17 nitrogen and oxygen atoms in total. The number of hydrogen-bond donors (Lipinski definition) is 3. The van der Waals surface area contributed by atoms with Gasteiger partial charge in [-0.3, -0.25) is 37.3 Å². The monoisotopic (exact) mass is 1490 g/mol. The molecule has 0 radical (unpaired) electrons. The Labute approximate surface area is 628 Å². The van der Waals surface area contributed by atoms with Gasteiger partial charge < -0.3 is 33.8 Å². The number of aliphatic hydroxyl groups is 1. The van der Waals surface area contributed by atoms with Crippen molar-refractivity contribution in [1.29, 1.82) is 0 Å². The Hall–Kier alpha value is -5.84. The highest BCUT2D eigenvalue weighted by atomic mass is 31.2. The Balaban J connectivity index is 5.48. The van der Waals surface area contributed by atoms with E-state index >= 15 is 0 Å². The van der Waals surface area contributed by atoms with Gasteiger partial charge in [-0.1, -0.05) is 261 Å². The lowest BCUT2D eigenvalue weighted by Crippen LogP contribution is -2.30. The van der Waals surface area contributed by atoms with Crippen LogP contribution in [0.1, 0.15) is 272 Å². The first-order valence-corrected chi connectivity index (χ1v) is 42.0. The first-order valence-electron chi connectivity index (χ1n) is 39.0. The summed E-state index contributed by atoms with van der Waals surface area (Å²) in [5.74, 6) is -2.33. The van der Waals surface area contributed by atoms with Crippen molar-refractivity contribution in [2.75, 3.05) is 39.6 Å². The lowest BCUT2D eigenvalue weighted by molar-refractivity contribution is -0.161. The molecule has 0 aliphatic rings. The quantitative estimate of drug-likeness (QED) is 0.0169. The van der Waals surface area contributed by atoms with Crippen LogP contribution in [0.4, 0.5) is 0 Å². The van der Waals surface area contributed by atoms with E-state index in [9.17, 15) is 43.2 Å². The number of hydrogen-bond acceptors (Lipinski definition) is 15. The maximum absolute atomic E-state index is 13.1. The molecule has 5 atom stereocenters. The lowest BCUT2D eigenvalue weighted by Gasteiger charge is -2.21. The molecule has 0 fully saturated rings. The average Bonchev–Trinajstić information content (AvgIpc) is 0.937. The summed E-state index contributed by atoms with van der Waals surface area (Å²) in [6, 6.07) is 0. The molecule has 0 rings (SSSR count). The second-order valence-electron chi connectivity index (χ2n) is 25.1. The summed E-state index contributed by atoms with van der Waals surface area (Å²) in [5.41, 5.74) is 0. The van der Waals surface area contributed by atoms with Crippen molar-refractivity contribution in [3.8, 4) is 0 Å². The van der Waals surface area contributed by atoms with E-state index in [4.69, 9.17) is 37.0 Å². The van der Waals surface area contributed by atoms with Crippen molar-refractivity contribution in [3.63, 3.8) is 0 Å². The number of carbonyl (C=O) groups is 4. The van der Waals surface area contributed by atoms with Crippen LogP contribution in [0.5, 0.6) is 0 Å². The van der Waals surface area contributed by atoms with Crippen LogP contribution in [-0.2, 0) is 65.4 Å². The van der Waals surface area contributed by atoms with Crippen LogP contribution in [0.25, 0.3) is 0 Å². The van der Waals surface area contributed by atoms with Gasteiger partial charge in [-0.2, -0.15) is 0 Å². The SMILES string of the molecule is CC/C=C\C/C=C\C/C=C\C/C=C\C/C=C\CCCC(=O)OCC(COP(=O)(O)OCC(O)COP(=O)(O)OCC(COC(=O)CCCCCC/C=C\C/C=C\C/C=C\C/C=C\CC)OC(=O)CCCCCCC/C=C\C/C=C\C/C=C\CC)OC(=O)CCCCCCC/C=C\C/C=C\C/C=C\CC. The molecule has 0 aromatic carbocycles. The van der Waals surface area contributed by atoms with Crippen molar-refractivity contribution < 1.29 is 80.2 Å². The summed E-state index contributed by atoms with van der Waals surface area (Å²) < 4.78 is 68.5. The van der Waals surface area contributed by atoms with E-state index in [0.717, 1.165) is 186 Å². The highest BCUT2D eigenvalue weighted by Gasteiger charge is 2.30. The van der Waals surface area contributed by atoms with Gasteiger partial charge in [0.1, 0.15) is 19.3 Å². The third kappa shape index (κ3) is 74.4. The van der Waals surface area contributed by atoms with Crippen LogP contribution in [0.15, 0.2) is 182 Å². The molecule has 19 heteroatoms. The van der Waals surface area contributed by atoms with Crippen molar-refractivity contribution in [2.24, 2.45) is 0 Å². The first kappa shape index (κ1) is 98.2. The Morgan fingerprint density at radius 3 is 0.760 bits per heavy atom. The normalized spacial score (nSPS) is 14.9. The van der Waals surface area contributed by atoms with Crippen LogP contribution < -0.4 is 0 Å². The van der Waals surface area contributed by atoms with E-state index in [1.807, 2.05) is 12.2 Å². The van der Waals surface area contributed by atoms with Gasteiger partial charge in [0.15, 0.2) is 12.2 Å². The van der Waals surface area contributed by atoms with Crippen molar-refractivity contribution in [2.45, 2.75) is 290 Å². The fourth-order valence-electron chi connectivity index (χ4n) is 9.57. The van der Waals surface area contributed by atoms with Gasteiger partial charge in [0.25, 0.3) is 0 Å². The maximum Gasteiger partial charge on any atom is 0.472 e. The number of aliphatic hydroxyl groups excluding tert-OH is 1. The van der Waals surface area contributed by atoms with Crippen LogP contribution in [0.2, 0.25) is 0 Å². The zero-order valence-electron chi connectivity index (χ0n) is 64.1. The topological polar surface area (TPSA) is 237 Å². The standard InChI is InChI=1S/C85H136O17P2/c1-5-9-13-17-21-25-29-33-37-39-43-45-49-53-57-61-65-69-82(87)95-75-80(101-84(89)71-67-63-59-55-51-47-41-35-31-27-23-19-15-11-7-3)77-99-103(91,92)97-73-79(86)74-98-104(93,94)100-78-81(102-85(90)72-68-64-60-56-52-48-42-36-32-28-24-20-16-12-8-4)76-96-83(88)70-66-62-58-54-50-46-44-40-38-34-30-26-22-18-14-10-6-2/h9-16,21-28,33-38,41-46,53,57,79-81,86H,5-8,17-20,29-32,39-40,47-52,54-56,58-78H2,1-4H3,(H,91,92)(H,93,94)/b13-9-,14-10-,15-11-,16-12-,25-21-,26-22-,27-23-,28-24-,37-33-,38-34-,41-35-,42-36-,45-43-,46-44-,57-53-. The third-order valence-corrected chi connectivity index (χ3v) is 17.3. The van der Waals surface area contributed by atoms with Gasteiger partial charge >= 0.3 is 39.5 Å². The highest BCUT2D eigenvalue weighted by Crippen LogP contribution is 2.45. The lowest BCUT2D eigenvalue weighted by atomic mass is 10.1. The number of rotatable bonds is 71. The molecule has 0 aliphatic heterocycles. The maximum atomic E-state index is 13.1.